The molecule has 0 aromatic heterocycles. The average molecular weight is 296 g/mol. The van der Waals surface area contributed by atoms with E-state index >= 15 is 0 Å². The summed E-state index contributed by atoms with van der Waals surface area (Å²) in [7, 11) is 1.48. The maximum absolute atomic E-state index is 12.4. The molecule has 4 aliphatic carbocycles. The van der Waals surface area contributed by atoms with Crippen molar-refractivity contribution in [1.29, 1.82) is 0 Å². The molecule has 0 aromatic carbocycles. The number of aliphatic hydroxyl groups excluding tert-OH is 2. The van der Waals surface area contributed by atoms with Crippen molar-refractivity contribution in [2.45, 2.75) is 58.5 Å². The van der Waals surface area contributed by atoms with Crippen molar-refractivity contribution in [3.63, 3.8) is 0 Å². The number of methoxy groups -OCH3 is 1. The lowest BCUT2D eigenvalue weighted by Gasteiger charge is -2.51. The molecule has 0 spiro atoms. The first-order chi connectivity index (χ1) is 9.87. The van der Waals surface area contributed by atoms with Crippen molar-refractivity contribution < 1.29 is 19.7 Å². The fraction of sp³-hybridized carbons (Fsp3) is 0.941. The predicted molar refractivity (Wildman–Crippen MR) is 78.4 cm³/mol. The fourth-order valence-electron chi connectivity index (χ4n) is 6.30. The number of hydrogen-bond acceptors (Lipinski definition) is 4. The number of rotatable bonds is 5. The van der Waals surface area contributed by atoms with E-state index in [1.807, 2.05) is 13.8 Å². The lowest BCUT2D eigenvalue weighted by atomic mass is 9.54. The number of hydrogen-bond donors (Lipinski definition) is 2. The van der Waals surface area contributed by atoms with Crippen molar-refractivity contribution in [3.8, 4) is 0 Å². The highest BCUT2D eigenvalue weighted by Crippen LogP contribution is 2.75. The standard InChI is InChI=1S/C17H28O4/c1-4-13(19)15(2,10-18)17-7-11-5-12(17)8-16(6-11,9-17)14(20)21-3/h11-13,18-19H,4-10H2,1-3H3. The Balaban J connectivity index is 2.01. The van der Waals surface area contributed by atoms with E-state index in [0.29, 0.717) is 18.3 Å². The third-order valence-corrected chi connectivity index (χ3v) is 7.23. The summed E-state index contributed by atoms with van der Waals surface area (Å²) in [4.78, 5) is 12.4. The van der Waals surface area contributed by atoms with E-state index in [-0.39, 0.29) is 23.4 Å². The van der Waals surface area contributed by atoms with Gasteiger partial charge in [-0.3, -0.25) is 4.79 Å². The Morgan fingerprint density at radius 1 is 1.43 bits per heavy atom. The molecule has 0 amide bonds. The van der Waals surface area contributed by atoms with E-state index in [1.165, 1.54) is 7.11 Å². The predicted octanol–water partition coefficient (Wildman–Crippen LogP) is 2.13. The normalized spacial score (nSPS) is 44.6. The van der Waals surface area contributed by atoms with Crippen molar-refractivity contribution >= 4 is 5.97 Å². The first-order valence-corrected chi connectivity index (χ1v) is 8.25. The second kappa shape index (κ2) is 4.69. The van der Waals surface area contributed by atoms with Gasteiger partial charge in [0.1, 0.15) is 0 Å². The molecule has 2 N–H and O–H groups in total. The maximum Gasteiger partial charge on any atom is 0.311 e. The molecule has 6 atom stereocenters. The van der Waals surface area contributed by atoms with E-state index in [4.69, 9.17) is 4.74 Å². The minimum Gasteiger partial charge on any atom is -0.469 e. The monoisotopic (exact) mass is 296 g/mol. The van der Waals surface area contributed by atoms with Gasteiger partial charge in [0.25, 0.3) is 0 Å². The van der Waals surface area contributed by atoms with E-state index < -0.39 is 11.5 Å². The molecule has 0 heterocycles. The molecule has 4 saturated carbocycles. The van der Waals surface area contributed by atoms with Crippen LogP contribution in [0.2, 0.25) is 0 Å². The largest absolute Gasteiger partial charge is 0.469 e. The van der Waals surface area contributed by atoms with Crippen molar-refractivity contribution in [3.05, 3.63) is 0 Å². The first kappa shape index (κ1) is 15.3. The van der Waals surface area contributed by atoms with Crippen molar-refractivity contribution in [1.82, 2.24) is 0 Å². The number of ether oxygens (including phenoxy) is 1. The smallest absolute Gasteiger partial charge is 0.311 e. The van der Waals surface area contributed by atoms with E-state index in [0.717, 1.165) is 32.1 Å². The van der Waals surface area contributed by atoms with Crippen LogP contribution < -0.4 is 0 Å². The van der Waals surface area contributed by atoms with Crippen LogP contribution in [-0.2, 0) is 9.53 Å². The van der Waals surface area contributed by atoms with Gasteiger partial charge >= 0.3 is 5.97 Å². The molecule has 120 valence electrons. The molecule has 6 unspecified atom stereocenters. The van der Waals surface area contributed by atoms with Crippen molar-refractivity contribution in [2.75, 3.05) is 13.7 Å². The maximum atomic E-state index is 12.4. The molecule has 4 nitrogen and oxygen atoms in total. The van der Waals surface area contributed by atoms with Crippen LogP contribution in [0.4, 0.5) is 0 Å². The van der Waals surface area contributed by atoms with Crippen LogP contribution in [0.5, 0.6) is 0 Å². The Kier molecular flexibility index (Phi) is 3.42. The van der Waals surface area contributed by atoms with E-state index in [9.17, 15) is 15.0 Å². The molecule has 0 saturated heterocycles. The summed E-state index contributed by atoms with van der Waals surface area (Å²) in [5.41, 5.74) is -0.976. The van der Waals surface area contributed by atoms with Crippen LogP contribution in [0.3, 0.4) is 0 Å². The van der Waals surface area contributed by atoms with E-state index in [1.54, 1.807) is 0 Å². The van der Waals surface area contributed by atoms with Gasteiger partial charge in [-0.2, -0.15) is 0 Å². The Labute approximate surface area is 126 Å². The van der Waals surface area contributed by atoms with Crippen LogP contribution in [-0.4, -0.2) is 36.0 Å². The summed E-state index contributed by atoms with van der Waals surface area (Å²) in [6.45, 7) is 3.97. The molecule has 4 heteroatoms. The molecule has 4 aliphatic rings. The topological polar surface area (TPSA) is 66.8 Å². The summed E-state index contributed by atoms with van der Waals surface area (Å²) >= 11 is 0. The van der Waals surface area contributed by atoms with Gasteiger partial charge in [0.05, 0.1) is 25.2 Å². The summed E-state index contributed by atoms with van der Waals surface area (Å²) in [5, 5.41) is 20.7. The van der Waals surface area contributed by atoms with Gasteiger partial charge in [0, 0.05) is 5.41 Å². The van der Waals surface area contributed by atoms with Gasteiger partial charge in [-0.1, -0.05) is 13.8 Å². The zero-order valence-electron chi connectivity index (χ0n) is 13.4. The highest BCUT2D eigenvalue weighted by atomic mass is 16.5. The molecule has 0 aromatic rings. The number of esters is 1. The van der Waals surface area contributed by atoms with Crippen LogP contribution >= 0.6 is 0 Å². The fourth-order valence-corrected chi connectivity index (χ4v) is 6.30. The summed E-state index contributed by atoms with van der Waals surface area (Å²) in [6, 6.07) is 0. The van der Waals surface area contributed by atoms with Gasteiger partial charge in [0.2, 0.25) is 0 Å². The van der Waals surface area contributed by atoms with Gasteiger partial charge in [-0.15, -0.1) is 0 Å². The van der Waals surface area contributed by atoms with Crippen LogP contribution in [0.15, 0.2) is 0 Å². The molecule has 4 bridgehead atoms. The lowest BCUT2D eigenvalue weighted by molar-refractivity contribution is -0.160. The second-order valence-electron chi connectivity index (χ2n) is 8.02. The van der Waals surface area contributed by atoms with Gasteiger partial charge < -0.3 is 14.9 Å². The SMILES string of the molecule is CCC(O)C(C)(CO)C12CC3CC1CC(C(=O)OC)(C3)C2. The van der Waals surface area contributed by atoms with E-state index in [2.05, 4.69) is 0 Å². The molecule has 4 fully saturated rings. The third kappa shape index (κ3) is 1.72. The minimum atomic E-state index is -0.518. The quantitative estimate of drug-likeness (QED) is 0.763. The average Bonchev–Trinajstić information content (AvgIpc) is 2.89. The third-order valence-electron chi connectivity index (χ3n) is 7.23. The van der Waals surface area contributed by atoms with Crippen LogP contribution in [0.1, 0.15) is 52.4 Å². The molecule has 4 rings (SSSR count). The first-order valence-electron chi connectivity index (χ1n) is 8.25. The molecule has 0 aliphatic heterocycles. The highest BCUT2D eigenvalue weighted by molar-refractivity contribution is 5.78. The Morgan fingerprint density at radius 2 is 2.14 bits per heavy atom. The molecular weight excluding hydrogens is 268 g/mol. The van der Waals surface area contributed by atoms with Gasteiger partial charge in [-0.25, -0.2) is 0 Å². The van der Waals surface area contributed by atoms with Gasteiger partial charge in [0.15, 0.2) is 0 Å². The van der Waals surface area contributed by atoms with Crippen molar-refractivity contribution in [2.24, 2.45) is 28.1 Å². The number of carbonyl (C=O) groups excluding carboxylic acids is 1. The number of aliphatic hydroxyl groups is 2. The zero-order chi connectivity index (χ0) is 15.5. The Hall–Kier alpha value is -0.610. The molecule has 21 heavy (non-hydrogen) atoms. The minimum absolute atomic E-state index is 0.0114. The molecule has 0 radical (unpaired) electrons. The lowest BCUT2D eigenvalue weighted by Crippen LogP contribution is -2.52. The van der Waals surface area contributed by atoms with Crippen LogP contribution in [0, 0.1) is 28.1 Å². The summed E-state index contributed by atoms with van der Waals surface area (Å²) in [5.74, 6) is 0.908. The van der Waals surface area contributed by atoms with Gasteiger partial charge in [-0.05, 0) is 55.8 Å². The Morgan fingerprint density at radius 3 is 2.71 bits per heavy atom. The van der Waals surface area contributed by atoms with Crippen LogP contribution in [0.25, 0.3) is 0 Å². The highest BCUT2D eigenvalue weighted by Gasteiger charge is 2.72. The Bertz CT molecular complexity index is 450. The second-order valence-corrected chi connectivity index (χ2v) is 8.02. The summed E-state index contributed by atoms with van der Waals surface area (Å²) in [6.07, 6.45) is 4.90. The number of carbonyl (C=O) groups is 1. The zero-order valence-corrected chi connectivity index (χ0v) is 13.4. The molecular formula is C17H28O4. The summed E-state index contributed by atoms with van der Waals surface area (Å²) < 4.78 is 5.09.